The van der Waals surface area contributed by atoms with Crippen molar-refractivity contribution in [1.82, 2.24) is 0 Å². The molecule has 3 heteroatoms. The van der Waals surface area contributed by atoms with E-state index in [1.165, 1.54) is 5.56 Å². The summed E-state index contributed by atoms with van der Waals surface area (Å²) < 4.78 is 2.24. The van der Waals surface area contributed by atoms with Gasteiger partial charge in [-0.2, -0.15) is 0 Å². The van der Waals surface area contributed by atoms with Crippen LogP contribution < -0.4 is 5.73 Å². The van der Waals surface area contributed by atoms with Gasteiger partial charge in [-0.3, -0.25) is 0 Å². The fourth-order valence-corrected chi connectivity index (χ4v) is 2.05. The molecule has 0 amide bonds. The van der Waals surface area contributed by atoms with Crippen LogP contribution in [0.4, 0.5) is 5.69 Å². The molecule has 0 saturated carbocycles. The first-order valence-corrected chi connectivity index (χ1v) is 5.25. The summed E-state index contributed by atoms with van der Waals surface area (Å²) in [4.78, 5) is 0. The summed E-state index contributed by atoms with van der Waals surface area (Å²) in [5.74, 6) is 0. The summed E-state index contributed by atoms with van der Waals surface area (Å²) >= 11 is 5.70. The van der Waals surface area contributed by atoms with E-state index in [2.05, 4.69) is 51.5 Å². The molecule has 0 unspecified atom stereocenters. The summed E-state index contributed by atoms with van der Waals surface area (Å²) in [6.45, 7) is 2.13. The molecule has 0 aromatic heterocycles. The topological polar surface area (TPSA) is 26.0 Å². The molecule has 1 aromatic rings. The molecule has 11 heavy (non-hydrogen) atoms. The second-order valence-corrected chi connectivity index (χ2v) is 4.34. The molecular formula is C8H9BrIN. The van der Waals surface area contributed by atoms with Crippen LogP contribution in [0.25, 0.3) is 0 Å². The third-order valence-corrected chi connectivity index (χ3v) is 3.22. The second-order valence-electron chi connectivity index (χ2n) is 2.32. The summed E-state index contributed by atoms with van der Waals surface area (Å²) in [5.41, 5.74) is 7.86. The Labute approximate surface area is 88.6 Å². The molecule has 0 aliphatic heterocycles. The highest BCUT2D eigenvalue weighted by atomic mass is 127. The highest BCUT2D eigenvalue weighted by Gasteiger charge is 2.01. The van der Waals surface area contributed by atoms with Gasteiger partial charge in [-0.15, -0.1) is 0 Å². The number of anilines is 1. The molecule has 0 fully saturated rings. The van der Waals surface area contributed by atoms with Gasteiger partial charge in [-0.05, 0) is 46.7 Å². The van der Waals surface area contributed by atoms with Crippen LogP contribution in [0.5, 0.6) is 0 Å². The third-order valence-electron chi connectivity index (χ3n) is 1.55. The Morgan fingerprint density at radius 3 is 2.73 bits per heavy atom. The van der Waals surface area contributed by atoms with Crippen LogP contribution in [0, 0.1) is 3.57 Å². The van der Waals surface area contributed by atoms with Crippen LogP contribution in [0.15, 0.2) is 16.6 Å². The first kappa shape index (κ1) is 9.32. The molecule has 0 aliphatic carbocycles. The van der Waals surface area contributed by atoms with Gasteiger partial charge in [0, 0.05) is 13.7 Å². The highest BCUT2D eigenvalue weighted by molar-refractivity contribution is 14.1. The molecule has 1 rings (SSSR count). The molecule has 0 bridgehead atoms. The van der Waals surface area contributed by atoms with Crippen LogP contribution in [-0.4, -0.2) is 0 Å². The monoisotopic (exact) mass is 325 g/mol. The van der Waals surface area contributed by atoms with E-state index >= 15 is 0 Å². The molecule has 60 valence electrons. The minimum absolute atomic E-state index is 0.842. The second kappa shape index (κ2) is 3.76. The number of nitrogen functional groups attached to an aromatic ring is 1. The smallest absolute Gasteiger partial charge is 0.0461 e. The van der Waals surface area contributed by atoms with Gasteiger partial charge >= 0.3 is 0 Å². The molecule has 0 saturated heterocycles. The predicted molar refractivity (Wildman–Crippen MR) is 60.6 cm³/mol. The first-order valence-electron chi connectivity index (χ1n) is 3.38. The standard InChI is InChI=1S/C8H9BrIN/c1-2-5-3-7(10)8(11)4-6(5)9/h3-4H,2,11H2,1H3. The van der Waals surface area contributed by atoms with Crippen molar-refractivity contribution in [2.75, 3.05) is 5.73 Å². The average molecular weight is 326 g/mol. The van der Waals surface area contributed by atoms with Crippen molar-refractivity contribution in [1.29, 1.82) is 0 Å². The molecule has 2 N–H and O–H groups in total. The van der Waals surface area contributed by atoms with E-state index in [0.717, 1.165) is 20.2 Å². The van der Waals surface area contributed by atoms with Crippen LogP contribution in [0.1, 0.15) is 12.5 Å². The lowest BCUT2D eigenvalue weighted by Crippen LogP contribution is -1.92. The minimum Gasteiger partial charge on any atom is -0.398 e. The maximum absolute atomic E-state index is 5.71. The molecule has 0 spiro atoms. The van der Waals surface area contributed by atoms with Crippen molar-refractivity contribution in [3.05, 3.63) is 25.7 Å². The van der Waals surface area contributed by atoms with E-state index in [4.69, 9.17) is 5.73 Å². The van der Waals surface area contributed by atoms with Crippen LogP contribution in [0.3, 0.4) is 0 Å². The van der Waals surface area contributed by atoms with E-state index in [1.807, 2.05) is 6.07 Å². The number of hydrogen-bond acceptors (Lipinski definition) is 1. The van der Waals surface area contributed by atoms with Gasteiger partial charge < -0.3 is 5.73 Å². The van der Waals surface area contributed by atoms with Gasteiger partial charge in [-0.1, -0.05) is 22.9 Å². The van der Waals surface area contributed by atoms with E-state index in [9.17, 15) is 0 Å². The van der Waals surface area contributed by atoms with Crippen LogP contribution in [0.2, 0.25) is 0 Å². The zero-order valence-corrected chi connectivity index (χ0v) is 9.94. The summed E-state index contributed by atoms with van der Waals surface area (Å²) in [7, 11) is 0. The Morgan fingerprint density at radius 2 is 2.18 bits per heavy atom. The molecule has 0 atom stereocenters. The van der Waals surface area contributed by atoms with Gasteiger partial charge in [-0.25, -0.2) is 0 Å². The van der Waals surface area contributed by atoms with Gasteiger partial charge in [0.15, 0.2) is 0 Å². The first-order chi connectivity index (χ1) is 5.15. The Balaban J connectivity index is 3.21. The van der Waals surface area contributed by atoms with E-state index < -0.39 is 0 Å². The number of halogens is 2. The summed E-state index contributed by atoms with van der Waals surface area (Å²) in [5, 5.41) is 0. The van der Waals surface area contributed by atoms with Gasteiger partial charge in [0.05, 0.1) is 0 Å². The lowest BCUT2D eigenvalue weighted by Gasteiger charge is -2.04. The van der Waals surface area contributed by atoms with Gasteiger partial charge in [0.2, 0.25) is 0 Å². The molecule has 0 aliphatic rings. The Bertz CT molecular complexity index is 273. The quantitative estimate of drug-likeness (QED) is 0.623. The largest absolute Gasteiger partial charge is 0.398 e. The maximum Gasteiger partial charge on any atom is 0.0461 e. The van der Waals surface area contributed by atoms with Crippen molar-refractivity contribution in [2.24, 2.45) is 0 Å². The van der Waals surface area contributed by atoms with Crippen molar-refractivity contribution in [3.8, 4) is 0 Å². The van der Waals surface area contributed by atoms with E-state index in [1.54, 1.807) is 0 Å². The van der Waals surface area contributed by atoms with Crippen LogP contribution >= 0.6 is 38.5 Å². The van der Waals surface area contributed by atoms with Crippen molar-refractivity contribution in [3.63, 3.8) is 0 Å². The number of aryl methyl sites for hydroxylation is 1. The van der Waals surface area contributed by atoms with Crippen molar-refractivity contribution in [2.45, 2.75) is 13.3 Å². The zero-order valence-electron chi connectivity index (χ0n) is 6.20. The molecular weight excluding hydrogens is 317 g/mol. The van der Waals surface area contributed by atoms with Gasteiger partial charge in [0.25, 0.3) is 0 Å². The van der Waals surface area contributed by atoms with Crippen LogP contribution in [-0.2, 0) is 6.42 Å². The third kappa shape index (κ3) is 2.08. The number of nitrogens with two attached hydrogens (primary N) is 1. The predicted octanol–water partition coefficient (Wildman–Crippen LogP) is 3.20. The lowest BCUT2D eigenvalue weighted by atomic mass is 10.2. The fourth-order valence-electron chi connectivity index (χ4n) is 0.874. The Hall–Kier alpha value is 0.230. The van der Waals surface area contributed by atoms with Crippen molar-refractivity contribution >= 4 is 44.2 Å². The highest BCUT2D eigenvalue weighted by Crippen LogP contribution is 2.25. The SMILES string of the molecule is CCc1cc(I)c(N)cc1Br. The molecule has 1 nitrogen and oxygen atoms in total. The Morgan fingerprint density at radius 1 is 1.55 bits per heavy atom. The average Bonchev–Trinajstić information content (AvgIpc) is 1.97. The fraction of sp³-hybridized carbons (Fsp3) is 0.250. The van der Waals surface area contributed by atoms with E-state index in [-0.39, 0.29) is 0 Å². The minimum atomic E-state index is 0.842. The Kier molecular flexibility index (Phi) is 3.18. The molecule has 0 heterocycles. The van der Waals surface area contributed by atoms with Gasteiger partial charge in [0.1, 0.15) is 0 Å². The summed E-state index contributed by atoms with van der Waals surface area (Å²) in [6, 6.07) is 4.07. The number of benzene rings is 1. The molecule has 0 radical (unpaired) electrons. The maximum atomic E-state index is 5.71. The molecule has 1 aromatic carbocycles. The number of rotatable bonds is 1. The summed E-state index contributed by atoms with van der Waals surface area (Å²) in [6.07, 6.45) is 1.04. The van der Waals surface area contributed by atoms with E-state index in [0.29, 0.717) is 0 Å². The number of hydrogen-bond donors (Lipinski definition) is 1. The lowest BCUT2D eigenvalue weighted by molar-refractivity contribution is 1.12. The normalized spacial score (nSPS) is 10.1. The van der Waals surface area contributed by atoms with Crippen molar-refractivity contribution < 1.29 is 0 Å². The zero-order chi connectivity index (χ0) is 8.43.